The second-order valence-electron chi connectivity index (χ2n) is 5.87. The van der Waals surface area contributed by atoms with Gasteiger partial charge in [0.25, 0.3) is 0 Å². The second-order valence-corrected chi connectivity index (χ2v) is 6.20. The molecule has 2 aliphatic rings. The van der Waals surface area contributed by atoms with Gasteiger partial charge in [-0.3, -0.25) is 0 Å². The van der Waals surface area contributed by atoms with E-state index in [1.807, 2.05) is 0 Å². The summed E-state index contributed by atoms with van der Waals surface area (Å²) >= 11 is 6.19. The molecule has 0 amide bonds. The van der Waals surface area contributed by atoms with E-state index in [0.29, 0.717) is 38.3 Å². The van der Waals surface area contributed by atoms with Crippen molar-refractivity contribution in [1.29, 1.82) is 0 Å². The zero-order valence-electron chi connectivity index (χ0n) is 13.7. The zero-order chi connectivity index (χ0) is 16.2. The van der Waals surface area contributed by atoms with E-state index in [9.17, 15) is 0 Å². The molecule has 2 aliphatic heterocycles. The van der Waals surface area contributed by atoms with Gasteiger partial charge >= 0.3 is 0 Å². The maximum Gasteiger partial charge on any atom is 0.231 e. The Morgan fingerprint density at radius 1 is 0.913 bits per heavy atom. The maximum absolute atomic E-state index is 6.19. The number of aromatic nitrogens is 3. The molecule has 2 fully saturated rings. The number of halogens is 1. The second kappa shape index (κ2) is 7.59. The fraction of sp³-hybridized carbons (Fsp3) is 0.800. The minimum absolute atomic E-state index is 0.243. The van der Waals surface area contributed by atoms with Crippen molar-refractivity contribution in [2.24, 2.45) is 0 Å². The Labute approximate surface area is 142 Å². The molecule has 0 aromatic carbocycles. The first-order valence-electron chi connectivity index (χ1n) is 8.33. The van der Waals surface area contributed by atoms with Crippen molar-refractivity contribution in [3.63, 3.8) is 0 Å². The van der Waals surface area contributed by atoms with Crippen LogP contribution in [-0.4, -0.2) is 66.6 Å². The van der Waals surface area contributed by atoms with Crippen molar-refractivity contribution in [3.05, 3.63) is 5.28 Å². The van der Waals surface area contributed by atoms with E-state index in [-0.39, 0.29) is 17.4 Å². The van der Waals surface area contributed by atoms with Gasteiger partial charge in [-0.25, -0.2) is 0 Å². The maximum atomic E-state index is 6.19. The normalized spacial score (nSPS) is 25.7. The molecular formula is C15H24ClN5O2. The molecule has 1 aromatic heterocycles. The summed E-state index contributed by atoms with van der Waals surface area (Å²) < 4.78 is 11.1. The summed E-state index contributed by atoms with van der Waals surface area (Å²) in [6.45, 7) is 8.61. The molecule has 8 heteroatoms. The van der Waals surface area contributed by atoms with E-state index in [1.165, 1.54) is 0 Å². The van der Waals surface area contributed by atoms with Gasteiger partial charge in [-0.2, -0.15) is 15.0 Å². The van der Waals surface area contributed by atoms with E-state index in [2.05, 4.69) is 33.6 Å². The Morgan fingerprint density at radius 2 is 1.39 bits per heavy atom. The molecule has 1 unspecified atom stereocenters. The monoisotopic (exact) mass is 341 g/mol. The Hall–Kier alpha value is -1.18. The molecule has 3 heterocycles. The summed E-state index contributed by atoms with van der Waals surface area (Å²) in [6.07, 6.45) is 1.96. The van der Waals surface area contributed by atoms with Crippen LogP contribution >= 0.6 is 11.6 Å². The molecule has 0 N–H and O–H groups in total. The van der Waals surface area contributed by atoms with Crippen molar-refractivity contribution in [2.45, 2.75) is 38.8 Å². The molecule has 2 atom stereocenters. The van der Waals surface area contributed by atoms with Gasteiger partial charge in [-0.1, -0.05) is 13.8 Å². The van der Waals surface area contributed by atoms with Gasteiger partial charge in [0.05, 0.1) is 38.5 Å². The van der Waals surface area contributed by atoms with Crippen LogP contribution in [-0.2, 0) is 9.47 Å². The van der Waals surface area contributed by atoms with E-state index < -0.39 is 0 Å². The summed E-state index contributed by atoms with van der Waals surface area (Å²) in [6, 6.07) is 0.559. The molecule has 0 spiro atoms. The fourth-order valence-corrected chi connectivity index (χ4v) is 3.25. The van der Waals surface area contributed by atoms with E-state index >= 15 is 0 Å². The lowest BCUT2D eigenvalue weighted by Crippen LogP contribution is -2.48. The van der Waals surface area contributed by atoms with Gasteiger partial charge in [-0.05, 0) is 24.4 Å². The molecule has 2 saturated heterocycles. The highest BCUT2D eigenvalue weighted by atomic mass is 35.5. The van der Waals surface area contributed by atoms with Crippen LogP contribution in [0, 0.1) is 0 Å². The summed E-state index contributed by atoms with van der Waals surface area (Å²) in [4.78, 5) is 17.8. The first-order valence-corrected chi connectivity index (χ1v) is 8.71. The summed E-state index contributed by atoms with van der Waals surface area (Å²) in [5.74, 6) is 1.30. The highest BCUT2D eigenvalue weighted by molar-refractivity contribution is 6.28. The minimum Gasteiger partial charge on any atom is -0.377 e. The van der Waals surface area contributed by atoms with Gasteiger partial charge in [0.2, 0.25) is 17.2 Å². The number of hydrogen-bond donors (Lipinski definition) is 0. The van der Waals surface area contributed by atoms with Crippen molar-refractivity contribution < 1.29 is 9.47 Å². The third kappa shape index (κ3) is 3.67. The van der Waals surface area contributed by atoms with Crippen LogP contribution in [0.3, 0.4) is 0 Å². The molecule has 0 radical (unpaired) electrons. The predicted molar refractivity (Wildman–Crippen MR) is 89.3 cm³/mol. The predicted octanol–water partition coefficient (Wildman–Crippen LogP) is 1.76. The zero-order valence-corrected chi connectivity index (χ0v) is 14.5. The number of morpholine rings is 2. The third-order valence-corrected chi connectivity index (χ3v) is 4.66. The average Bonchev–Trinajstić information content (AvgIpc) is 2.61. The highest BCUT2D eigenvalue weighted by Crippen LogP contribution is 2.24. The molecule has 7 nitrogen and oxygen atoms in total. The summed E-state index contributed by atoms with van der Waals surface area (Å²) in [5, 5.41) is 0.243. The van der Waals surface area contributed by atoms with E-state index in [1.54, 1.807) is 0 Å². The molecule has 23 heavy (non-hydrogen) atoms. The van der Waals surface area contributed by atoms with E-state index in [0.717, 1.165) is 25.9 Å². The van der Waals surface area contributed by atoms with Gasteiger partial charge in [-0.15, -0.1) is 0 Å². The van der Waals surface area contributed by atoms with Gasteiger partial charge < -0.3 is 19.3 Å². The van der Waals surface area contributed by atoms with Crippen LogP contribution < -0.4 is 9.80 Å². The van der Waals surface area contributed by atoms with Crippen LogP contribution in [0.1, 0.15) is 26.7 Å². The molecule has 128 valence electrons. The Morgan fingerprint density at radius 3 is 1.83 bits per heavy atom. The molecule has 0 bridgehead atoms. The molecule has 1 aromatic rings. The van der Waals surface area contributed by atoms with Gasteiger partial charge in [0.15, 0.2) is 0 Å². The van der Waals surface area contributed by atoms with Crippen molar-refractivity contribution in [1.82, 2.24) is 15.0 Å². The number of nitrogens with zero attached hydrogens (tertiary/aromatic N) is 5. The first kappa shape index (κ1) is 16.7. The van der Waals surface area contributed by atoms with Crippen LogP contribution in [0.15, 0.2) is 0 Å². The topological polar surface area (TPSA) is 63.6 Å². The standard InChI is InChI=1S/C15H24ClN5O2/c1-3-11-9-22-7-5-20(11)14-17-13(16)18-15(19-14)21-6-8-23-10-12(21)4-2/h11-12H,3-10H2,1-2H3/t11-,12?/m1/s1. The van der Waals surface area contributed by atoms with Crippen molar-refractivity contribution in [3.8, 4) is 0 Å². The van der Waals surface area contributed by atoms with Crippen LogP contribution in [0.2, 0.25) is 5.28 Å². The number of anilines is 2. The Kier molecular flexibility index (Phi) is 5.50. The smallest absolute Gasteiger partial charge is 0.231 e. The quantitative estimate of drug-likeness (QED) is 0.826. The summed E-state index contributed by atoms with van der Waals surface area (Å²) in [5.41, 5.74) is 0. The largest absolute Gasteiger partial charge is 0.377 e. The van der Waals surface area contributed by atoms with Crippen molar-refractivity contribution >= 4 is 23.5 Å². The molecule has 0 saturated carbocycles. The number of rotatable bonds is 4. The van der Waals surface area contributed by atoms with Crippen LogP contribution in [0.5, 0.6) is 0 Å². The van der Waals surface area contributed by atoms with Crippen LogP contribution in [0.25, 0.3) is 0 Å². The van der Waals surface area contributed by atoms with E-state index in [4.69, 9.17) is 26.1 Å². The lowest BCUT2D eigenvalue weighted by atomic mass is 10.2. The number of hydrogen-bond acceptors (Lipinski definition) is 7. The Balaban J connectivity index is 1.89. The summed E-state index contributed by atoms with van der Waals surface area (Å²) in [7, 11) is 0. The minimum atomic E-state index is 0.243. The molecular weight excluding hydrogens is 318 g/mol. The van der Waals surface area contributed by atoms with Crippen molar-refractivity contribution in [2.75, 3.05) is 49.3 Å². The first-order chi connectivity index (χ1) is 11.2. The average molecular weight is 342 g/mol. The lowest BCUT2D eigenvalue weighted by Gasteiger charge is -2.37. The van der Waals surface area contributed by atoms with Crippen LogP contribution in [0.4, 0.5) is 11.9 Å². The SMILES string of the molecule is CCC1COCCN1c1nc(Cl)nc(N2CCOC[C@H]2CC)n1. The lowest BCUT2D eigenvalue weighted by molar-refractivity contribution is 0.0909. The molecule has 0 aliphatic carbocycles. The fourth-order valence-electron chi connectivity index (χ4n) is 3.10. The number of ether oxygens (including phenoxy) is 2. The third-order valence-electron chi connectivity index (χ3n) is 4.50. The highest BCUT2D eigenvalue weighted by Gasteiger charge is 2.28. The van der Waals surface area contributed by atoms with Gasteiger partial charge in [0.1, 0.15) is 0 Å². The Bertz CT molecular complexity index is 490. The van der Waals surface area contributed by atoms with Gasteiger partial charge in [0, 0.05) is 13.1 Å². The molecule has 3 rings (SSSR count).